The van der Waals surface area contributed by atoms with Gasteiger partial charge in [-0.15, -0.1) is 0 Å². The van der Waals surface area contributed by atoms with E-state index in [2.05, 4.69) is 68.5 Å². The molecule has 4 aromatic rings. The fraction of sp³-hybridized carbons (Fsp3) is 0.417. The van der Waals surface area contributed by atoms with Crippen molar-refractivity contribution in [1.29, 1.82) is 0 Å². The van der Waals surface area contributed by atoms with E-state index in [1.54, 1.807) is 12.1 Å². The minimum Gasteiger partial charge on any atom is -0.508 e. The van der Waals surface area contributed by atoms with Crippen molar-refractivity contribution in [3.8, 4) is 23.0 Å². The van der Waals surface area contributed by atoms with E-state index in [0.29, 0.717) is 29.1 Å². The Balaban J connectivity index is 1.44. The zero-order valence-corrected chi connectivity index (χ0v) is 29.7. The van der Waals surface area contributed by atoms with Gasteiger partial charge in [0.05, 0.1) is 39.0 Å². The van der Waals surface area contributed by atoms with Crippen molar-refractivity contribution in [2.75, 3.05) is 20.8 Å². The Morgan fingerprint density at radius 2 is 1.70 bits per heavy atom. The van der Waals surface area contributed by atoms with Crippen LogP contribution in [0, 0.1) is 0 Å². The Kier molecular flexibility index (Phi) is 11.3. The molecule has 0 aliphatic carbocycles. The maximum Gasteiger partial charge on any atom is 0.268 e. The topological polar surface area (TPSA) is 145 Å². The molecule has 1 aromatic heterocycles. The first-order valence-corrected chi connectivity index (χ1v) is 18.7. The molecule has 0 radical (unpaired) electrons. The molecule has 2 atom stereocenters. The van der Waals surface area contributed by atoms with Gasteiger partial charge in [0.15, 0.2) is 19.8 Å². The quantitative estimate of drug-likeness (QED) is 0.0863. The molecule has 1 amide bonds. The summed E-state index contributed by atoms with van der Waals surface area (Å²) >= 11 is 0. The number of carbonyl (C=O) groups excluding carboxylic acids is 1. The van der Waals surface area contributed by atoms with Crippen LogP contribution in [-0.2, 0) is 24.0 Å². The predicted molar refractivity (Wildman–Crippen MR) is 187 cm³/mol. The lowest BCUT2D eigenvalue weighted by Gasteiger charge is -2.40. The maximum absolute atomic E-state index is 13.1. The second kappa shape index (κ2) is 14.8. The van der Waals surface area contributed by atoms with Crippen LogP contribution < -0.4 is 20.1 Å². The minimum absolute atomic E-state index is 0.0134. The zero-order chi connectivity index (χ0) is 34.5. The number of aromatic nitrogens is 1. The largest absolute Gasteiger partial charge is 0.508 e. The van der Waals surface area contributed by atoms with E-state index < -0.39 is 8.32 Å². The SMILES string of the molecule is COc1ccc(O)c(OC)c1CNC(=O)c1cc2cc(C[C@@H](C)NC[C@@H](O[Si](C)(C)C(C)(C)C)c3ccc(O)c(CO)c3)ccc2[nH]1. The first-order valence-electron chi connectivity index (χ1n) is 15.8. The highest BCUT2D eigenvalue weighted by Gasteiger charge is 2.39. The number of benzene rings is 3. The van der Waals surface area contributed by atoms with Crippen LogP contribution in [0.1, 0.15) is 66.5 Å². The number of amides is 1. The Morgan fingerprint density at radius 1 is 0.979 bits per heavy atom. The smallest absolute Gasteiger partial charge is 0.268 e. The van der Waals surface area contributed by atoms with Gasteiger partial charge in [-0.25, -0.2) is 0 Å². The number of aliphatic hydroxyl groups is 1. The summed E-state index contributed by atoms with van der Waals surface area (Å²) in [5.74, 6) is 0.497. The van der Waals surface area contributed by atoms with Gasteiger partial charge >= 0.3 is 0 Å². The van der Waals surface area contributed by atoms with Crippen LogP contribution in [0.4, 0.5) is 0 Å². The lowest BCUT2D eigenvalue weighted by molar-refractivity contribution is 0.0946. The summed E-state index contributed by atoms with van der Waals surface area (Å²) in [6, 6.07) is 16.5. The number of carbonyl (C=O) groups is 1. The van der Waals surface area contributed by atoms with Crippen molar-refractivity contribution < 1.29 is 34.0 Å². The number of ether oxygens (including phenoxy) is 2. The number of phenolic OH excluding ortho intramolecular Hbond substituents is 1. The van der Waals surface area contributed by atoms with Crippen LogP contribution in [0.25, 0.3) is 10.9 Å². The number of rotatable bonds is 14. The van der Waals surface area contributed by atoms with Gasteiger partial charge < -0.3 is 44.8 Å². The third-order valence-electron chi connectivity index (χ3n) is 9.06. The third-order valence-corrected chi connectivity index (χ3v) is 13.5. The highest BCUT2D eigenvalue weighted by Crippen LogP contribution is 2.40. The molecule has 4 rings (SSSR count). The molecule has 11 heteroatoms. The first kappa shape index (κ1) is 35.8. The lowest BCUT2D eigenvalue weighted by Crippen LogP contribution is -2.44. The highest BCUT2D eigenvalue weighted by molar-refractivity contribution is 6.74. The molecule has 0 saturated heterocycles. The fourth-order valence-corrected chi connectivity index (χ4v) is 6.59. The van der Waals surface area contributed by atoms with Crippen molar-refractivity contribution in [2.24, 2.45) is 0 Å². The molecule has 0 bridgehead atoms. The van der Waals surface area contributed by atoms with Crippen molar-refractivity contribution in [3.63, 3.8) is 0 Å². The van der Waals surface area contributed by atoms with Gasteiger partial charge in [-0.3, -0.25) is 4.79 Å². The number of fused-ring (bicyclic) bond motifs is 1. The standard InChI is InChI=1S/C36H49N3O7Si/c1-22(37-20-33(46-47(7,8)36(2,3)4)24-10-12-30(41)26(17-24)21-40)15-23-9-11-28-25(16-23)18-29(39-28)35(43)38-19-27-32(44-5)14-13-31(42)34(27)45-6/h9-14,16-18,22,33,37,39-42H,15,19-21H2,1-8H3,(H,38,43)/t22-,33-/m1/s1. The number of phenols is 2. The molecule has 0 saturated carbocycles. The number of aromatic hydroxyl groups is 2. The van der Waals surface area contributed by atoms with Crippen molar-refractivity contribution >= 4 is 25.1 Å². The zero-order valence-electron chi connectivity index (χ0n) is 28.7. The molecular weight excluding hydrogens is 614 g/mol. The number of aromatic amines is 1. The second-order valence-electron chi connectivity index (χ2n) is 13.5. The van der Waals surface area contributed by atoms with Crippen LogP contribution in [0.15, 0.2) is 54.6 Å². The molecule has 254 valence electrons. The number of hydrogen-bond donors (Lipinski definition) is 6. The molecule has 0 spiro atoms. The summed E-state index contributed by atoms with van der Waals surface area (Å²) in [5, 5.41) is 37.5. The number of H-pyrrole nitrogens is 1. The third kappa shape index (κ3) is 8.47. The number of methoxy groups -OCH3 is 2. The van der Waals surface area contributed by atoms with E-state index in [1.807, 2.05) is 24.3 Å². The van der Waals surface area contributed by atoms with Gasteiger partial charge in [0.2, 0.25) is 0 Å². The van der Waals surface area contributed by atoms with E-state index in [-0.39, 0.29) is 53.5 Å². The fourth-order valence-electron chi connectivity index (χ4n) is 5.31. The molecule has 0 aliphatic rings. The molecular formula is C36H49N3O7Si. The van der Waals surface area contributed by atoms with Crippen LogP contribution in [0.5, 0.6) is 23.0 Å². The van der Waals surface area contributed by atoms with Crippen molar-refractivity contribution in [3.05, 3.63) is 82.5 Å². The Morgan fingerprint density at radius 3 is 2.36 bits per heavy atom. The minimum atomic E-state index is -2.14. The van der Waals surface area contributed by atoms with E-state index in [1.165, 1.54) is 20.3 Å². The molecule has 3 aromatic carbocycles. The van der Waals surface area contributed by atoms with Gasteiger partial charge in [0, 0.05) is 29.1 Å². The monoisotopic (exact) mass is 663 g/mol. The van der Waals surface area contributed by atoms with Crippen LogP contribution in [0.3, 0.4) is 0 Å². The van der Waals surface area contributed by atoms with Crippen molar-refractivity contribution in [2.45, 2.75) is 77.5 Å². The van der Waals surface area contributed by atoms with Gasteiger partial charge in [0.1, 0.15) is 17.2 Å². The summed E-state index contributed by atoms with van der Waals surface area (Å²) in [7, 11) is 0.838. The average Bonchev–Trinajstić information content (AvgIpc) is 3.45. The van der Waals surface area contributed by atoms with E-state index in [9.17, 15) is 20.1 Å². The molecule has 47 heavy (non-hydrogen) atoms. The molecule has 6 N–H and O–H groups in total. The summed E-state index contributed by atoms with van der Waals surface area (Å²) in [6.07, 6.45) is 0.501. The molecule has 1 heterocycles. The van der Waals surface area contributed by atoms with Crippen LogP contribution in [-0.4, -0.2) is 61.3 Å². The highest BCUT2D eigenvalue weighted by atomic mass is 28.4. The summed E-state index contributed by atoms with van der Waals surface area (Å²) in [4.78, 5) is 16.3. The number of hydrogen-bond acceptors (Lipinski definition) is 8. The van der Waals surface area contributed by atoms with Crippen LogP contribution in [0.2, 0.25) is 18.1 Å². The summed E-state index contributed by atoms with van der Waals surface area (Å²) in [5.41, 5.74) is 4.32. The Hall–Kier alpha value is -4.03. The Labute approximate surface area is 278 Å². The van der Waals surface area contributed by atoms with E-state index in [0.717, 1.165) is 28.5 Å². The van der Waals surface area contributed by atoms with Gasteiger partial charge in [0.25, 0.3) is 5.91 Å². The lowest BCUT2D eigenvalue weighted by atomic mass is 10.0. The normalized spacial score (nSPS) is 13.4. The maximum atomic E-state index is 13.1. The number of nitrogens with one attached hydrogen (secondary N) is 3. The van der Waals surface area contributed by atoms with Gasteiger partial charge in [-0.2, -0.15) is 0 Å². The first-order chi connectivity index (χ1) is 22.2. The second-order valence-corrected chi connectivity index (χ2v) is 18.3. The van der Waals surface area contributed by atoms with E-state index >= 15 is 0 Å². The summed E-state index contributed by atoms with van der Waals surface area (Å²) < 4.78 is 17.6. The van der Waals surface area contributed by atoms with E-state index in [4.69, 9.17) is 13.9 Å². The van der Waals surface area contributed by atoms with Gasteiger partial charge in [-0.1, -0.05) is 32.9 Å². The molecule has 10 nitrogen and oxygen atoms in total. The molecule has 0 aliphatic heterocycles. The van der Waals surface area contributed by atoms with Gasteiger partial charge in [-0.05, 0) is 85.1 Å². The van der Waals surface area contributed by atoms with Crippen molar-refractivity contribution in [1.82, 2.24) is 15.6 Å². The molecule has 0 fully saturated rings. The summed E-state index contributed by atoms with van der Waals surface area (Å²) in [6.45, 7) is 13.6. The predicted octanol–water partition coefficient (Wildman–Crippen LogP) is 6.30. The molecule has 0 unspecified atom stereocenters. The average molecular weight is 664 g/mol. The number of aliphatic hydroxyl groups excluding tert-OH is 1. The van der Waals surface area contributed by atoms with Crippen LogP contribution >= 0.6 is 0 Å². The Bertz CT molecular complexity index is 1700.